The zero-order valence-electron chi connectivity index (χ0n) is 18.8. The summed E-state index contributed by atoms with van der Waals surface area (Å²) in [4.78, 5) is 6.66. The molecular weight excluding hydrogens is 454 g/mol. The fourth-order valence-corrected chi connectivity index (χ4v) is 4.80. The molecule has 0 amide bonds. The van der Waals surface area contributed by atoms with Crippen molar-refractivity contribution in [1.82, 2.24) is 25.0 Å². The number of aromatic nitrogens is 5. The summed E-state index contributed by atoms with van der Waals surface area (Å²) in [5.41, 5.74) is -0.786. The van der Waals surface area contributed by atoms with Gasteiger partial charge in [-0.2, -0.15) is 18.2 Å². The van der Waals surface area contributed by atoms with E-state index in [1.165, 1.54) is 6.07 Å². The van der Waals surface area contributed by atoms with E-state index in [1.807, 2.05) is 0 Å². The van der Waals surface area contributed by atoms with Crippen molar-refractivity contribution in [3.05, 3.63) is 46.9 Å². The minimum Gasteiger partial charge on any atom is -0.408 e. The first kappa shape index (κ1) is 22.6. The first-order valence-corrected chi connectivity index (χ1v) is 11.3. The number of benzene rings is 1. The number of halogens is 4. The summed E-state index contributed by atoms with van der Waals surface area (Å²) < 4.78 is 60.7. The SMILES string of the molecule is Cc1nnc(N2CCC(C(C)Nc3nc4n(n3)CCCC4c3ccc(C(F)(F)F)cc3F)C2)o1. The van der Waals surface area contributed by atoms with Gasteiger partial charge in [0.25, 0.3) is 0 Å². The summed E-state index contributed by atoms with van der Waals surface area (Å²) in [7, 11) is 0. The topological polar surface area (TPSA) is 84.9 Å². The first-order chi connectivity index (χ1) is 16.2. The highest BCUT2D eigenvalue weighted by atomic mass is 19.4. The van der Waals surface area contributed by atoms with E-state index in [0.29, 0.717) is 48.6 Å². The summed E-state index contributed by atoms with van der Waals surface area (Å²) in [5.74, 6) is 0.508. The van der Waals surface area contributed by atoms with Crippen molar-refractivity contribution in [2.24, 2.45) is 5.92 Å². The van der Waals surface area contributed by atoms with Crippen LogP contribution in [0.3, 0.4) is 0 Å². The van der Waals surface area contributed by atoms with E-state index in [4.69, 9.17) is 4.42 Å². The maximum atomic E-state index is 14.7. The molecule has 0 bridgehead atoms. The third-order valence-electron chi connectivity index (χ3n) is 6.65. The second-order valence-electron chi connectivity index (χ2n) is 8.98. The molecule has 3 atom stereocenters. The predicted molar refractivity (Wildman–Crippen MR) is 115 cm³/mol. The van der Waals surface area contributed by atoms with Crippen molar-refractivity contribution in [3.63, 3.8) is 0 Å². The Morgan fingerprint density at radius 1 is 1.18 bits per heavy atom. The second kappa shape index (κ2) is 8.55. The van der Waals surface area contributed by atoms with Gasteiger partial charge in [0.15, 0.2) is 0 Å². The lowest BCUT2D eigenvalue weighted by Crippen LogP contribution is -2.29. The van der Waals surface area contributed by atoms with Gasteiger partial charge in [-0.25, -0.2) is 9.07 Å². The summed E-state index contributed by atoms with van der Waals surface area (Å²) in [6.45, 7) is 6.00. The summed E-state index contributed by atoms with van der Waals surface area (Å²) in [5, 5.41) is 15.9. The predicted octanol–water partition coefficient (Wildman–Crippen LogP) is 4.38. The number of fused-ring (bicyclic) bond motifs is 1. The number of aryl methyl sites for hydroxylation is 2. The molecule has 8 nitrogen and oxygen atoms in total. The third-order valence-corrected chi connectivity index (χ3v) is 6.65. The molecule has 2 aliphatic heterocycles. The lowest BCUT2D eigenvalue weighted by Gasteiger charge is -2.23. The quantitative estimate of drug-likeness (QED) is 0.544. The highest BCUT2D eigenvalue weighted by molar-refractivity contribution is 5.36. The number of hydrogen-bond donors (Lipinski definition) is 1. The Kier molecular flexibility index (Phi) is 5.68. The molecule has 34 heavy (non-hydrogen) atoms. The standard InChI is InChI=1S/C22H25F4N7O/c1-12(14-7-9-32(11-14)21-30-29-13(2)34-21)27-20-28-19-17(4-3-8-33(19)31-20)16-6-5-15(10-18(16)23)22(24,25)26/h5-6,10,12,14,17H,3-4,7-9,11H2,1-2H3,(H,27,31). The Balaban J connectivity index is 1.30. The molecule has 2 aliphatic rings. The Morgan fingerprint density at radius 3 is 2.71 bits per heavy atom. The zero-order valence-corrected chi connectivity index (χ0v) is 18.8. The number of rotatable bonds is 5. The number of nitrogens with zero attached hydrogens (tertiary/aromatic N) is 6. The van der Waals surface area contributed by atoms with Gasteiger partial charge in [0.05, 0.1) is 5.56 Å². The smallest absolute Gasteiger partial charge is 0.408 e. The number of alkyl halides is 3. The van der Waals surface area contributed by atoms with Crippen LogP contribution in [0.15, 0.2) is 22.6 Å². The lowest BCUT2D eigenvalue weighted by atomic mass is 9.90. The van der Waals surface area contributed by atoms with Crippen LogP contribution < -0.4 is 10.2 Å². The molecule has 5 rings (SSSR count). The molecule has 0 spiro atoms. The van der Waals surface area contributed by atoms with Crippen LogP contribution in [-0.2, 0) is 12.7 Å². The van der Waals surface area contributed by atoms with E-state index in [2.05, 4.69) is 37.4 Å². The minimum atomic E-state index is -4.59. The lowest BCUT2D eigenvalue weighted by molar-refractivity contribution is -0.137. The normalized spacial score (nSPS) is 21.5. The van der Waals surface area contributed by atoms with Gasteiger partial charge in [0.1, 0.15) is 11.6 Å². The van der Waals surface area contributed by atoms with Gasteiger partial charge >= 0.3 is 12.2 Å². The highest BCUT2D eigenvalue weighted by Gasteiger charge is 2.34. The number of nitrogens with one attached hydrogen (secondary N) is 1. The molecule has 3 unspecified atom stereocenters. The molecule has 12 heteroatoms. The van der Waals surface area contributed by atoms with Crippen LogP contribution in [0.25, 0.3) is 0 Å². The van der Waals surface area contributed by atoms with Crippen LogP contribution in [0.1, 0.15) is 54.9 Å². The Morgan fingerprint density at radius 2 is 2.00 bits per heavy atom. The van der Waals surface area contributed by atoms with Gasteiger partial charge in [-0.15, -0.1) is 10.2 Å². The molecule has 1 aromatic carbocycles. The summed E-state index contributed by atoms with van der Waals surface area (Å²) in [6, 6.07) is 3.27. The van der Waals surface area contributed by atoms with Crippen molar-refractivity contribution in [1.29, 1.82) is 0 Å². The molecular formula is C22H25F4N7O. The number of hydrogen-bond acceptors (Lipinski definition) is 7. The molecule has 1 saturated heterocycles. The van der Waals surface area contributed by atoms with Crippen molar-refractivity contribution in [3.8, 4) is 0 Å². The second-order valence-corrected chi connectivity index (χ2v) is 8.98. The molecule has 182 valence electrons. The van der Waals surface area contributed by atoms with Gasteiger partial charge in [-0.3, -0.25) is 0 Å². The molecule has 0 aliphatic carbocycles. The Bertz CT molecular complexity index is 1170. The van der Waals surface area contributed by atoms with Crippen molar-refractivity contribution in [2.45, 2.75) is 57.8 Å². The van der Waals surface area contributed by atoms with Crippen molar-refractivity contribution >= 4 is 12.0 Å². The molecule has 4 heterocycles. The zero-order chi connectivity index (χ0) is 24.0. The fraction of sp³-hybridized carbons (Fsp3) is 0.545. The van der Waals surface area contributed by atoms with E-state index < -0.39 is 23.5 Å². The van der Waals surface area contributed by atoms with Gasteiger partial charge < -0.3 is 14.6 Å². The van der Waals surface area contributed by atoms with Crippen LogP contribution in [-0.4, -0.2) is 44.1 Å². The van der Waals surface area contributed by atoms with Gasteiger partial charge in [0, 0.05) is 38.5 Å². The van der Waals surface area contributed by atoms with Crippen LogP contribution in [0.2, 0.25) is 0 Å². The number of anilines is 2. The highest BCUT2D eigenvalue weighted by Crippen LogP contribution is 2.37. The third kappa shape index (κ3) is 4.32. The molecule has 2 aromatic heterocycles. The summed E-state index contributed by atoms with van der Waals surface area (Å²) >= 11 is 0. The van der Waals surface area contributed by atoms with Gasteiger partial charge in [-0.05, 0) is 49.8 Å². The van der Waals surface area contributed by atoms with E-state index in [-0.39, 0.29) is 11.6 Å². The molecule has 1 N–H and O–H groups in total. The van der Waals surface area contributed by atoms with Gasteiger partial charge in [-0.1, -0.05) is 11.2 Å². The largest absolute Gasteiger partial charge is 0.416 e. The van der Waals surface area contributed by atoms with Gasteiger partial charge in [0.2, 0.25) is 11.8 Å². The first-order valence-electron chi connectivity index (χ1n) is 11.3. The monoisotopic (exact) mass is 479 g/mol. The molecule has 1 fully saturated rings. The molecule has 0 radical (unpaired) electrons. The van der Waals surface area contributed by atoms with Crippen LogP contribution in [0.4, 0.5) is 29.5 Å². The van der Waals surface area contributed by atoms with E-state index in [9.17, 15) is 17.6 Å². The van der Waals surface area contributed by atoms with E-state index >= 15 is 0 Å². The van der Waals surface area contributed by atoms with E-state index in [1.54, 1.807) is 11.6 Å². The Hall–Kier alpha value is -3.18. The fourth-order valence-electron chi connectivity index (χ4n) is 4.80. The maximum absolute atomic E-state index is 14.7. The average molecular weight is 479 g/mol. The Labute approximate surface area is 193 Å². The maximum Gasteiger partial charge on any atom is 0.416 e. The minimum absolute atomic E-state index is 0.0553. The molecule has 0 saturated carbocycles. The van der Waals surface area contributed by atoms with Crippen LogP contribution >= 0.6 is 0 Å². The van der Waals surface area contributed by atoms with Crippen LogP contribution in [0.5, 0.6) is 0 Å². The van der Waals surface area contributed by atoms with E-state index in [0.717, 1.165) is 32.0 Å². The molecule has 3 aromatic rings. The summed E-state index contributed by atoms with van der Waals surface area (Å²) in [6.07, 6.45) is -2.32. The van der Waals surface area contributed by atoms with Crippen LogP contribution in [0, 0.1) is 18.7 Å². The average Bonchev–Trinajstić information content (AvgIpc) is 3.51. The van der Waals surface area contributed by atoms with Crippen molar-refractivity contribution in [2.75, 3.05) is 23.3 Å². The van der Waals surface area contributed by atoms with Crippen molar-refractivity contribution < 1.29 is 22.0 Å².